The van der Waals surface area contributed by atoms with E-state index in [4.69, 9.17) is 0 Å². The highest BCUT2D eigenvalue weighted by atomic mass is 16.2. The first-order valence-electron chi connectivity index (χ1n) is 5.04. The van der Waals surface area contributed by atoms with Gasteiger partial charge in [0, 0.05) is 6.54 Å². The molecule has 0 saturated carbocycles. The lowest BCUT2D eigenvalue weighted by molar-refractivity contribution is -0.127. The summed E-state index contributed by atoms with van der Waals surface area (Å²) in [7, 11) is 0. The molecule has 0 aromatic heterocycles. The molecule has 1 spiro atoms. The van der Waals surface area contributed by atoms with Crippen LogP contribution in [-0.4, -0.2) is 42.0 Å². The summed E-state index contributed by atoms with van der Waals surface area (Å²) in [4.78, 5) is 24.9. The normalized spacial score (nSPS) is 25.6. The third-order valence-corrected chi connectivity index (χ3v) is 3.15. The molecule has 0 aromatic rings. The maximum atomic E-state index is 11.7. The van der Waals surface area contributed by atoms with Crippen LogP contribution in [0.1, 0.15) is 19.8 Å². The number of imide groups is 1. The first-order valence-corrected chi connectivity index (χ1v) is 5.04. The molecule has 78 valence electrons. The molecule has 2 N–H and O–H groups in total. The molecule has 2 heterocycles. The number of carbonyl (C=O) groups excluding carboxylic acids is 2. The highest BCUT2D eigenvalue weighted by Crippen LogP contribution is 2.30. The smallest absolute Gasteiger partial charge is 0.317 e. The highest BCUT2D eigenvalue weighted by molar-refractivity contribution is 6.07. The minimum Gasteiger partial charge on any atom is -0.317 e. The zero-order valence-electron chi connectivity index (χ0n) is 8.30. The standard InChI is InChI=1S/C9H15N3O2/c1-2-12-8(14)11-7(13)9(12)3-5-10-6-4-9/h10H,2-6H2,1H3,(H,11,13,14). The Morgan fingerprint density at radius 1 is 1.36 bits per heavy atom. The van der Waals surface area contributed by atoms with Crippen LogP contribution in [0.25, 0.3) is 0 Å². The van der Waals surface area contributed by atoms with Crippen LogP contribution in [0.15, 0.2) is 0 Å². The molecule has 5 nitrogen and oxygen atoms in total. The first kappa shape index (κ1) is 9.45. The summed E-state index contributed by atoms with van der Waals surface area (Å²) in [5.74, 6) is -0.120. The molecule has 0 aromatic carbocycles. The number of hydrogen-bond acceptors (Lipinski definition) is 3. The SMILES string of the molecule is CCN1C(=O)NC(=O)C12CCNCC2. The van der Waals surface area contributed by atoms with Gasteiger partial charge in [-0.1, -0.05) is 0 Å². The second-order valence-corrected chi connectivity index (χ2v) is 3.79. The van der Waals surface area contributed by atoms with Gasteiger partial charge in [-0.15, -0.1) is 0 Å². The summed E-state index contributed by atoms with van der Waals surface area (Å²) in [5, 5.41) is 5.60. The molecular formula is C9H15N3O2. The van der Waals surface area contributed by atoms with E-state index in [1.54, 1.807) is 4.90 Å². The van der Waals surface area contributed by atoms with E-state index in [2.05, 4.69) is 10.6 Å². The Kier molecular flexibility index (Phi) is 2.19. The first-order chi connectivity index (χ1) is 6.70. The quantitative estimate of drug-likeness (QED) is 0.566. The molecule has 0 bridgehead atoms. The van der Waals surface area contributed by atoms with Crippen molar-refractivity contribution in [3.8, 4) is 0 Å². The van der Waals surface area contributed by atoms with Crippen molar-refractivity contribution in [2.24, 2.45) is 0 Å². The molecule has 2 rings (SSSR count). The molecule has 2 aliphatic rings. The van der Waals surface area contributed by atoms with Crippen LogP contribution in [0.3, 0.4) is 0 Å². The van der Waals surface area contributed by atoms with Crippen molar-refractivity contribution in [3.63, 3.8) is 0 Å². The lowest BCUT2D eigenvalue weighted by Gasteiger charge is -2.37. The van der Waals surface area contributed by atoms with Crippen LogP contribution >= 0.6 is 0 Å². The van der Waals surface area contributed by atoms with Gasteiger partial charge in [-0.25, -0.2) is 4.79 Å². The average molecular weight is 197 g/mol. The number of urea groups is 1. The molecular weight excluding hydrogens is 182 g/mol. The Labute approximate surface area is 82.8 Å². The van der Waals surface area contributed by atoms with Crippen molar-refractivity contribution in [3.05, 3.63) is 0 Å². The van der Waals surface area contributed by atoms with E-state index in [9.17, 15) is 9.59 Å². The zero-order chi connectivity index (χ0) is 10.2. The highest BCUT2D eigenvalue weighted by Gasteiger charge is 2.52. The summed E-state index contributed by atoms with van der Waals surface area (Å²) in [6, 6.07) is -0.237. The van der Waals surface area contributed by atoms with Crippen molar-refractivity contribution in [1.29, 1.82) is 0 Å². The molecule has 0 unspecified atom stereocenters. The van der Waals surface area contributed by atoms with E-state index in [0.717, 1.165) is 25.9 Å². The second kappa shape index (κ2) is 3.24. The monoisotopic (exact) mass is 197 g/mol. The fourth-order valence-corrected chi connectivity index (χ4v) is 2.38. The fraction of sp³-hybridized carbons (Fsp3) is 0.778. The number of likely N-dealkylation sites (N-methyl/N-ethyl adjacent to an activating group) is 1. The molecule has 2 fully saturated rings. The molecule has 3 amide bonds. The lowest BCUT2D eigenvalue weighted by Crippen LogP contribution is -2.55. The van der Waals surface area contributed by atoms with Gasteiger partial charge in [-0.2, -0.15) is 0 Å². The Hall–Kier alpha value is -1.10. The summed E-state index contributed by atoms with van der Waals surface area (Å²) in [5.41, 5.74) is -0.558. The van der Waals surface area contributed by atoms with Crippen molar-refractivity contribution < 1.29 is 9.59 Å². The Morgan fingerprint density at radius 2 is 2.00 bits per heavy atom. The number of carbonyl (C=O) groups is 2. The van der Waals surface area contributed by atoms with Crippen LogP contribution in [0.5, 0.6) is 0 Å². The van der Waals surface area contributed by atoms with Gasteiger partial charge in [0.05, 0.1) is 0 Å². The van der Waals surface area contributed by atoms with Gasteiger partial charge < -0.3 is 10.2 Å². The number of piperidine rings is 1. The number of rotatable bonds is 1. The Morgan fingerprint density at radius 3 is 2.57 bits per heavy atom. The number of nitrogens with one attached hydrogen (secondary N) is 2. The number of amides is 3. The van der Waals surface area contributed by atoms with Gasteiger partial charge in [-0.05, 0) is 32.9 Å². The van der Waals surface area contributed by atoms with Crippen LogP contribution < -0.4 is 10.6 Å². The maximum absolute atomic E-state index is 11.7. The van der Waals surface area contributed by atoms with Gasteiger partial charge in [0.15, 0.2) is 0 Å². The van der Waals surface area contributed by atoms with Crippen molar-refractivity contribution >= 4 is 11.9 Å². The van der Waals surface area contributed by atoms with E-state index < -0.39 is 5.54 Å². The van der Waals surface area contributed by atoms with Crippen LogP contribution in [0, 0.1) is 0 Å². The third-order valence-electron chi connectivity index (χ3n) is 3.15. The van der Waals surface area contributed by atoms with Crippen LogP contribution in [0.2, 0.25) is 0 Å². The molecule has 0 atom stereocenters. The maximum Gasteiger partial charge on any atom is 0.325 e. The van der Waals surface area contributed by atoms with Crippen molar-refractivity contribution in [2.75, 3.05) is 19.6 Å². The van der Waals surface area contributed by atoms with Crippen molar-refractivity contribution in [2.45, 2.75) is 25.3 Å². The lowest BCUT2D eigenvalue weighted by atomic mass is 9.87. The summed E-state index contributed by atoms with van der Waals surface area (Å²) >= 11 is 0. The predicted molar refractivity (Wildman–Crippen MR) is 50.8 cm³/mol. The Bertz CT molecular complexity index is 271. The molecule has 2 aliphatic heterocycles. The predicted octanol–water partition coefficient (Wildman–Crippen LogP) is -0.320. The van der Waals surface area contributed by atoms with Gasteiger partial charge >= 0.3 is 6.03 Å². The van der Waals surface area contributed by atoms with E-state index >= 15 is 0 Å². The topological polar surface area (TPSA) is 61.4 Å². The van der Waals surface area contributed by atoms with Gasteiger partial charge in [0.2, 0.25) is 0 Å². The number of hydrogen-bond donors (Lipinski definition) is 2. The van der Waals surface area contributed by atoms with E-state index in [-0.39, 0.29) is 11.9 Å². The van der Waals surface area contributed by atoms with Crippen LogP contribution in [0.4, 0.5) is 4.79 Å². The molecule has 0 radical (unpaired) electrons. The third kappa shape index (κ3) is 1.12. The second-order valence-electron chi connectivity index (χ2n) is 3.79. The van der Waals surface area contributed by atoms with E-state index in [1.165, 1.54) is 0 Å². The summed E-state index contributed by atoms with van der Waals surface area (Å²) in [6.07, 6.45) is 1.44. The van der Waals surface area contributed by atoms with Gasteiger partial charge in [-0.3, -0.25) is 10.1 Å². The van der Waals surface area contributed by atoms with Gasteiger partial charge in [0.25, 0.3) is 5.91 Å². The summed E-state index contributed by atoms with van der Waals surface area (Å²) in [6.45, 7) is 4.11. The van der Waals surface area contributed by atoms with Crippen molar-refractivity contribution in [1.82, 2.24) is 15.5 Å². The summed E-state index contributed by atoms with van der Waals surface area (Å²) < 4.78 is 0. The molecule has 0 aliphatic carbocycles. The van der Waals surface area contributed by atoms with Gasteiger partial charge in [0.1, 0.15) is 5.54 Å². The zero-order valence-corrected chi connectivity index (χ0v) is 8.30. The Balaban J connectivity index is 2.29. The number of nitrogens with zero attached hydrogens (tertiary/aromatic N) is 1. The molecule has 5 heteroatoms. The average Bonchev–Trinajstić information content (AvgIpc) is 2.40. The van der Waals surface area contributed by atoms with E-state index in [1.807, 2.05) is 6.92 Å². The van der Waals surface area contributed by atoms with Crippen LogP contribution in [-0.2, 0) is 4.79 Å². The minimum atomic E-state index is -0.558. The molecule has 2 saturated heterocycles. The van der Waals surface area contributed by atoms with E-state index in [0.29, 0.717) is 6.54 Å². The minimum absolute atomic E-state index is 0.120. The fourth-order valence-electron chi connectivity index (χ4n) is 2.38. The molecule has 14 heavy (non-hydrogen) atoms. The largest absolute Gasteiger partial charge is 0.325 e.